The first-order chi connectivity index (χ1) is 13.2. The van der Waals surface area contributed by atoms with Crippen molar-refractivity contribution in [3.8, 4) is 0 Å². The van der Waals surface area contributed by atoms with E-state index in [0.29, 0.717) is 12.8 Å². The molecule has 0 aliphatic rings. The Kier molecular flexibility index (Phi) is 13.7. The van der Waals surface area contributed by atoms with Gasteiger partial charge in [-0.1, -0.05) is 95.0 Å². The molecule has 4 heteroatoms. The molecule has 0 heterocycles. The highest BCUT2D eigenvalue weighted by Gasteiger charge is 2.20. The third-order valence-electron chi connectivity index (χ3n) is 5.05. The van der Waals surface area contributed by atoms with Gasteiger partial charge in [-0.3, -0.25) is 4.79 Å². The van der Waals surface area contributed by atoms with Gasteiger partial charge in [0, 0.05) is 12.8 Å². The van der Waals surface area contributed by atoms with E-state index in [1.165, 1.54) is 51.4 Å². The van der Waals surface area contributed by atoms with Crippen LogP contribution >= 0.6 is 0 Å². The van der Waals surface area contributed by atoms with Crippen LogP contribution in [0.4, 0.5) is 0 Å². The molecule has 3 N–H and O–H groups in total. The van der Waals surface area contributed by atoms with Gasteiger partial charge < -0.3 is 15.5 Å². The van der Waals surface area contributed by atoms with Gasteiger partial charge in [-0.15, -0.1) is 0 Å². The smallest absolute Gasteiger partial charge is 0.220 e. The number of hydrogen-bond acceptors (Lipinski definition) is 3. The van der Waals surface area contributed by atoms with Crippen LogP contribution < -0.4 is 5.32 Å². The van der Waals surface area contributed by atoms with Crippen molar-refractivity contribution in [3.05, 3.63) is 35.9 Å². The molecule has 0 saturated carbocycles. The maximum atomic E-state index is 12.1. The summed E-state index contributed by atoms with van der Waals surface area (Å²) < 4.78 is 0. The predicted molar refractivity (Wildman–Crippen MR) is 112 cm³/mol. The highest BCUT2D eigenvalue weighted by Crippen LogP contribution is 2.11. The van der Waals surface area contributed by atoms with E-state index in [1.54, 1.807) is 0 Å². The average molecular weight is 378 g/mol. The summed E-state index contributed by atoms with van der Waals surface area (Å²) in [5.74, 6) is -0.0827. The molecule has 0 radical (unpaired) electrons. The van der Waals surface area contributed by atoms with Crippen LogP contribution in [0.25, 0.3) is 0 Å². The van der Waals surface area contributed by atoms with Crippen molar-refractivity contribution < 1.29 is 15.0 Å². The summed E-state index contributed by atoms with van der Waals surface area (Å²) in [6, 6.07) is 9.01. The molecule has 1 aromatic carbocycles. The minimum atomic E-state index is -0.783. The molecule has 0 aromatic heterocycles. The summed E-state index contributed by atoms with van der Waals surface area (Å²) in [6.07, 6.45) is 12.5. The van der Waals surface area contributed by atoms with Gasteiger partial charge in [-0.05, 0) is 12.0 Å². The second-order valence-corrected chi connectivity index (χ2v) is 7.55. The minimum absolute atomic E-state index is 0.0827. The number of unbranched alkanes of at least 4 members (excludes halogenated alkanes) is 9. The van der Waals surface area contributed by atoms with E-state index in [1.807, 2.05) is 30.3 Å². The van der Waals surface area contributed by atoms with E-state index in [-0.39, 0.29) is 12.5 Å². The third kappa shape index (κ3) is 11.8. The fourth-order valence-corrected chi connectivity index (χ4v) is 3.31. The van der Waals surface area contributed by atoms with Crippen molar-refractivity contribution in [1.29, 1.82) is 0 Å². The van der Waals surface area contributed by atoms with Gasteiger partial charge in [0.1, 0.15) is 0 Å². The Morgan fingerprint density at radius 3 is 2.04 bits per heavy atom. The average Bonchev–Trinajstić information content (AvgIpc) is 2.68. The number of carbonyl (C=O) groups is 1. The molecule has 0 aliphatic carbocycles. The number of aliphatic hydroxyl groups excluding tert-OH is 2. The van der Waals surface area contributed by atoms with E-state index >= 15 is 0 Å². The molecule has 2 atom stereocenters. The summed E-state index contributed by atoms with van der Waals surface area (Å²) in [5, 5.41) is 22.6. The van der Waals surface area contributed by atoms with Crippen molar-refractivity contribution in [3.63, 3.8) is 0 Å². The topological polar surface area (TPSA) is 69.6 Å². The molecule has 0 saturated heterocycles. The van der Waals surface area contributed by atoms with Crippen molar-refractivity contribution >= 4 is 5.91 Å². The molecular weight excluding hydrogens is 338 g/mol. The van der Waals surface area contributed by atoms with Crippen LogP contribution in [0.5, 0.6) is 0 Å². The van der Waals surface area contributed by atoms with Crippen LogP contribution in [0.1, 0.15) is 83.1 Å². The summed E-state index contributed by atoms with van der Waals surface area (Å²) >= 11 is 0. The molecule has 154 valence electrons. The second kappa shape index (κ2) is 15.6. The number of aliphatic hydroxyl groups is 2. The zero-order valence-electron chi connectivity index (χ0n) is 17.0. The van der Waals surface area contributed by atoms with Gasteiger partial charge in [-0.25, -0.2) is 0 Å². The van der Waals surface area contributed by atoms with Crippen molar-refractivity contribution in [2.75, 3.05) is 6.61 Å². The highest BCUT2D eigenvalue weighted by molar-refractivity contribution is 5.76. The molecule has 0 aliphatic heterocycles. The number of benzene rings is 1. The number of amides is 1. The Bertz CT molecular complexity index is 478. The lowest BCUT2D eigenvalue weighted by molar-refractivity contribution is -0.123. The van der Waals surface area contributed by atoms with Crippen LogP contribution in [0.15, 0.2) is 30.3 Å². The number of rotatable bonds is 16. The van der Waals surface area contributed by atoms with Gasteiger partial charge in [0.2, 0.25) is 5.91 Å². The Hall–Kier alpha value is -1.39. The first-order valence-electron chi connectivity index (χ1n) is 10.8. The Labute approximate surface area is 165 Å². The standard InChI is InChI=1S/C23H39NO3/c1-2-3-4-5-6-7-8-9-10-14-17-23(27)24-21(19-25)22(26)18-20-15-12-11-13-16-20/h11-13,15-16,21-22,25-26H,2-10,14,17-19H2,1H3,(H,24,27)/t21-,22-/m0/s1. The van der Waals surface area contributed by atoms with Gasteiger partial charge in [0.15, 0.2) is 0 Å². The maximum Gasteiger partial charge on any atom is 0.220 e. The highest BCUT2D eigenvalue weighted by atomic mass is 16.3. The largest absolute Gasteiger partial charge is 0.394 e. The Balaban J connectivity index is 2.10. The Morgan fingerprint density at radius 1 is 0.926 bits per heavy atom. The van der Waals surface area contributed by atoms with Gasteiger partial charge in [-0.2, -0.15) is 0 Å². The lowest BCUT2D eigenvalue weighted by atomic mass is 10.0. The van der Waals surface area contributed by atoms with Crippen LogP contribution in [0.3, 0.4) is 0 Å². The van der Waals surface area contributed by atoms with E-state index in [9.17, 15) is 15.0 Å². The molecule has 4 nitrogen and oxygen atoms in total. The van der Waals surface area contributed by atoms with E-state index in [0.717, 1.165) is 18.4 Å². The SMILES string of the molecule is CCCCCCCCCCCCC(=O)N[C@@H](CO)[C@@H](O)Cc1ccccc1. The van der Waals surface area contributed by atoms with Crippen molar-refractivity contribution in [2.24, 2.45) is 0 Å². The summed E-state index contributed by atoms with van der Waals surface area (Å²) in [7, 11) is 0. The number of nitrogens with one attached hydrogen (secondary N) is 1. The fourth-order valence-electron chi connectivity index (χ4n) is 3.31. The minimum Gasteiger partial charge on any atom is -0.394 e. The summed E-state index contributed by atoms with van der Waals surface area (Å²) in [4.78, 5) is 12.1. The molecule has 27 heavy (non-hydrogen) atoms. The van der Waals surface area contributed by atoms with Crippen molar-refractivity contribution in [1.82, 2.24) is 5.32 Å². The second-order valence-electron chi connectivity index (χ2n) is 7.55. The first kappa shape index (κ1) is 23.6. The predicted octanol–water partition coefficient (Wildman–Crippen LogP) is 4.38. The van der Waals surface area contributed by atoms with Crippen LogP contribution in [-0.4, -0.2) is 34.9 Å². The molecule has 0 spiro atoms. The van der Waals surface area contributed by atoms with Crippen molar-refractivity contribution in [2.45, 2.75) is 96.1 Å². The lowest BCUT2D eigenvalue weighted by Crippen LogP contribution is -2.46. The quantitative estimate of drug-likeness (QED) is 0.375. The monoisotopic (exact) mass is 377 g/mol. The molecular formula is C23H39NO3. The summed E-state index contributed by atoms with van der Waals surface area (Å²) in [6.45, 7) is 1.99. The molecule has 0 fully saturated rings. The molecule has 1 amide bonds. The van der Waals surface area contributed by atoms with Gasteiger partial charge in [0.05, 0.1) is 18.8 Å². The molecule has 0 bridgehead atoms. The van der Waals surface area contributed by atoms with Gasteiger partial charge in [0.25, 0.3) is 0 Å². The molecule has 0 unspecified atom stereocenters. The van der Waals surface area contributed by atoms with Crippen LogP contribution in [0.2, 0.25) is 0 Å². The lowest BCUT2D eigenvalue weighted by Gasteiger charge is -2.22. The van der Waals surface area contributed by atoms with E-state index < -0.39 is 12.1 Å². The van der Waals surface area contributed by atoms with Crippen LogP contribution in [-0.2, 0) is 11.2 Å². The zero-order valence-corrected chi connectivity index (χ0v) is 17.0. The molecule has 1 rings (SSSR count). The maximum absolute atomic E-state index is 12.1. The van der Waals surface area contributed by atoms with Crippen LogP contribution in [0, 0.1) is 0 Å². The number of hydrogen-bond donors (Lipinski definition) is 3. The normalized spacial score (nSPS) is 13.3. The zero-order chi connectivity index (χ0) is 19.7. The summed E-state index contributed by atoms with van der Waals surface area (Å²) in [5.41, 5.74) is 0.993. The van der Waals surface area contributed by atoms with E-state index in [2.05, 4.69) is 12.2 Å². The number of carbonyl (C=O) groups excluding carboxylic acids is 1. The Morgan fingerprint density at radius 2 is 1.48 bits per heavy atom. The fraction of sp³-hybridized carbons (Fsp3) is 0.696. The molecule has 1 aromatic rings. The van der Waals surface area contributed by atoms with E-state index in [4.69, 9.17) is 0 Å². The third-order valence-corrected chi connectivity index (χ3v) is 5.05. The van der Waals surface area contributed by atoms with Gasteiger partial charge >= 0.3 is 0 Å². The first-order valence-corrected chi connectivity index (χ1v) is 10.8.